The molecule has 1 spiro atoms. The van der Waals surface area contributed by atoms with E-state index >= 15 is 0 Å². The molecule has 1 saturated heterocycles. The lowest BCUT2D eigenvalue weighted by atomic mass is 9.91. The van der Waals surface area contributed by atoms with Gasteiger partial charge in [0.2, 0.25) is 0 Å². The van der Waals surface area contributed by atoms with Crippen LogP contribution in [0.25, 0.3) is 0 Å². The summed E-state index contributed by atoms with van der Waals surface area (Å²) in [5, 5.41) is 3.42. The van der Waals surface area contributed by atoms with E-state index in [1.165, 1.54) is 19.3 Å². The lowest BCUT2D eigenvalue weighted by Gasteiger charge is -2.37. The van der Waals surface area contributed by atoms with Crippen LogP contribution in [-0.4, -0.2) is 25.3 Å². The highest BCUT2D eigenvalue weighted by Gasteiger charge is 2.42. The number of nitrogens with one attached hydrogen (secondary N) is 1. The van der Waals surface area contributed by atoms with Crippen LogP contribution in [0, 0.1) is 5.92 Å². The highest BCUT2D eigenvalue weighted by molar-refractivity contribution is 4.95. The number of morpholine rings is 1. The van der Waals surface area contributed by atoms with Gasteiger partial charge >= 0.3 is 0 Å². The molecular formula is C9H17NO. The van der Waals surface area contributed by atoms with Crippen LogP contribution in [0.5, 0.6) is 0 Å². The van der Waals surface area contributed by atoms with Crippen molar-refractivity contribution in [2.45, 2.75) is 31.8 Å². The molecule has 0 bridgehead atoms. The smallest absolute Gasteiger partial charge is 0.0832 e. The summed E-state index contributed by atoms with van der Waals surface area (Å²) < 4.78 is 5.88. The molecule has 2 rings (SSSR count). The SMILES string of the molecule is CC1CCCC12CNCCO2. The van der Waals surface area contributed by atoms with Gasteiger partial charge in [-0.05, 0) is 18.8 Å². The maximum atomic E-state index is 5.88. The second-order valence-electron chi connectivity index (χ2n) is 3.88. The van der Waals surface area contributed by atoms with E-state index in [0.717, 1.165) is 25.6 Å². The van der Waals surface area contributed by atoms with E-state index in [2.05, 4.69) is 12.2 Å². The first-order valence-corrected chi connectivity index (χ1v) is 4.68. The summed E-state index contributed by atoms with van der Waals surface area (Å²) in [5.41, 5.74) is 0.220. The summed E-state index contributed by atoms with van der Waals surface area (Å²) in [7, 11) is 0. The van der Waals surface area contributed by atoms with Crippen LogP contribution < -0.4 is 5.32 Å². The average Bonchev–Trinajstić information content (AvgIpc) is 2.36. The van der Waals surface area contributed by atoms with E-state index in [9.17, 15) is 0 Å². The topological polar surface area (TPSA) is 21.3 Å². The largest absolute Gasteiger partial charge is 0.372 e. The Balaban J connectivity index is 2.06. The third kappa shape index (κ3) is 1.18. The van der Waals surface area contributed by atoms with E-state index in [-0.39, 0.29) is 5.60 Å². The Morgan fingerprint density at radius 3 is 3.00 bits per heavy atom. The Morgan fingerprint density at radius 2 is 2.45 bits per heavy atom. The molecule has 1 heterocycles. The lowest BCUT2D eigenvalue weighted by Crippen LogP contribution is -2.51. The minimum atomic E-state index is 0.220. The quantitative estimate of drug-likeness (QED) is 0.567. The Hall–Kier alpha value is -0.0800. The van der Waals surface area contributed by atoms with Crippen molar-refractivity contribution in [2.24, 2.45) is 5.92 Å². The highest BCUT2D eigenvalue weighted by Crippen LogP contribution is 2.38. The Kier molecular flexibility index (Phi) is 1.90. The van der Waals surface area contributed by atoms with E-state index in [1.807, 2.05) is 0 Å². The highest BCUT2D eigenvalue weighted by atomic mass is 16.5. The van der Waals surface area contributed by atoms with Gasteiger partial charge in [-0.15, -0.1) is 0 Å². The molecule has 2 fully saturated rings. The molecule has 2 nitrogen and oxygen atoms in total. The van der Waals surface area contributed by atoms with Gasteiger partial charge < -0.3 is 10.1 Å². The predicted octanol–water partition coefficient (Wildman–Crippen LogP) is 1.17. The molecule has 2 heteroatoms. The molecule has 64 valence electrons. The summed E-state index contributed by atoms with van der Waals surface area (Å²) in [6.45, 7) is 5.34. The Labute approximate surface area is 68.3 Å². The van der Waals surface area contributed by atoms with Gasteiger partial charge in [-0.25, -0.2) is 0 Å². The molecule has 0 aromatic rings. The molecule has 1 N–H and O–H groups in total. The fraction of sp³-hybridized carbons (Fsp3) is 1.00. The first kappa shape index (κ1) is 7.56. The van der Waals surface area contributed by atoms with Gasteiger partial charge in [0, 0.05) is 13.1 Å². The van der Waals surface area contributed by atoms with E-state index in [1.54, 1.807) is 0 Å². The maximum absolute atomic E-state index is 5.88. The molecule has 11 heavy (non-hydrogen) atoms. The summed E-state index contributed by atoms with van der Waals surface area (Å²) >= 11 is 0. The van der Waals surface area contributed by atoms with Gasteiger partial charge in [-0.1, -0.05) is 13.3 Å². The Bertz CT molecular complexity index is 140. The summed E-state index contributed by atoms with van der Waals surface area (Å²) in [4.78, 5) is 0. The number of hydrogen-bond donors (Lipinski definition) is 1. The predicted molar refractivity (Wildman–Crippen MR) is 44.6 cm³/mol. The number of hydrogen-bond acceptors (Lipinski definition) is 2. The van der Waals surface area contributed by atoms with Gasteiger partial charge in [-0.2, -0.15) is 0 Å². The number of rotatable bonds is 0. The van der Waals surface area contributed by atoms with Crippen molar-refractivity contribution in [1.82, 2.24) is 5.32 Å². The van der Waals surface area contributed by atoms with Crippen LogP contribution in [0.2, 0.25) is 0 Å². The van der Waals surface area contributed by atoms with Gasteiger partial charge in [0.25, 0.3) is 0 Å². The summed E-state index contributed by atoms with van der Waals surface area (Å²) in [6.07, 6.45) is 3.96. The lowest BCUT2D eigenvalue weighted by molar-refractivity contribution is -0.0860. The van der Waals surface area contributed by atoms with Crippen LogP contribution in [0.15, 0.2) is 0 Å². The van der Waals surface area contributed by atoms with Gasteiger partial charge in [0.15, 0.2) is 0 Å². The van der Waals surface area contributed by atoms with Gasteiger partial charge in [0.1, 0.15) is 0 Å². The van der Waals surface area contributed by atoms with Gasteiger partial charge in [-0.3, -0.25) is 0 Å². The molecule has 2 aliphatic rings. The van der Waals surface area contributed by atoms with Crippen molar-refractivity contribution in [1.29, 1.82) is 0 Å². The molecule has 1 aliphatic carbocycles. The first-order chi connectivity index (χ1) is 5.33. The molecular weight excluding hydrogens is 138 g/mol. The van der Waals surface area contributed by atoms with Gasteiger partial charge in [0.05, 0.1) is 12.2 Å². The van der Waals surface area contributed by atoms with Crippen LogP contribution in [0.1, 0.15) is 26.2 Å². The summed E-state index contributed by atoms with van der Waals surface area (Å²) in [6, 6.07) is 0. The zero-order chi connectivity index (χ0) is 7.73. The zero-order valence-corrected chi connectivity index (χ0v) is 7.23. The molecule has 0 aromatic carbocycles. The van der Waals surface area contributed by atoms with Crippen molar-refractivity contribution < 1.29 is 4.74 Å². The summed E-state index contributed by atoms with van der Waals surface area (Å²) in [5.74, 6) is 0.760. The van der Waals surface area contributed by atoms with Crippen molar-refractivity contribution in [3.63, 3.8) is 0 Å². The van der Waals surface area contributed by atoms with Crippen LogP contribution in [0.4, 0.5) is 0 Å². The average molecular weight is 155 g/mol. The maximum Gasteiger partial charge on any atom is 0.0832 e. The fourth-order valence-corrected chi connectivity index (χ4v) is 2.37. The molecule has 1 saturated carbocycles. The molecule has 0 radical (unpaired) electrons. The monoisotopic (exact) mass is 155 g/mol. The second-order valence-corrected chi connectivity index (χ2v) is 3.88. The normalized spacial score (nSPS) is 45.0. The molecule has 0 aromatic heterocycles. The van der Waals surface area contributed by atoms with E-state index in [0.29, 0.717) is 0 Å². The van der Waals surface area contributed by atoms with Crippen molar-refractivity contribution in [3.05, 3.63) is 0 Å². The minimum Gasteiger partial charge on any atom is -0.372 e. The van der Waals surface area contributed by atoms with Crippen LogP contribution in [0.3, 0.4) is 0 Å². The molecule has 2 atom stereocenters. The molecule has 1 aliphatic heterocycles. The fourth-order valence-electron chi connectivity index (χ4n) is 2.37. The van der Waals surface area contributed by atoms with Crippen molar-refractivity contribution in [3.8, 4) is 0 Å². The van der Waals surface area contributed by atoms with E-state index in [4.69, 9.17) is 4.74 Å². The van der Waals surface area contributed by atoms with Crippen LogP contribution in [-0.2, 0) is 4.74 Å². The van der Waals surface area contributed by atoms with Crippen molar-refractivity contribution >= 4 is 0 Å². The minimum absolute atomic E-state index is 0.220. The molecule has 0 amide bonds. The van der Waals surface area contributed by atoms with Crippen LogP contribution >= 0.6 is 0 Å². The molecule has 2 unspecified atom stereocenters. The van der Waals surface area contributed by atoms with E-state index < -0.39 is 0 Å². The number of ether oxygens (including phenoxy) is 1. The Morgan fingerprint density at radius 1 is 1.55 bits per heavy atom. The first-order valence-electron chi connectivity index (χ1n) is 4.68. The standard InChI is InChI=1S/C9H17NO/c1-8-3-2-4-9(8)7-10-5-6-11-9/h8,10H,2-7H2,1H3. The third-order valence-corrected chi connectivity index (χ3v) is 3.23. The zero-order valence-electron chi connectivity index (χ0n) is 7.23. The van der Waals surface area contributed by atoms with Crippen molar-refractivity contribution in [2.75, 3.05) is 19.7 Å². The third-order valence-electron chi connectivity index (χ3n) is 3.23. The second kappa shape index (κ2) is 2.76.